The lowest BCUT2D eigenvalue weighted by molar-refractivity contribution is -0.129. The van der Waals surface area contributed by atoms with Crippen LogP contribution < -0.4 is 0 Å². The van der Waals surface area contributed by atoms with Gasteiger partial charge in [0.05, 0.1) is 5.56 Å². The van der Waals surface area contributed by atoms with Crippen LogP contribution in [-0.2, 0) is 9.53 Å². The largest absolute Gasteiger partial charge is 0.402 e. The van der Waals surface area contributed by atoms with E-state index in [0.717, 1.165) is 5.56 Å². The maximum Gasteiger partial charge on any atom is 0.363 e. The molecule has 3 rings (SSSR count). The predicted molar refractivity (Wildman–Crippen MR) is 69.1 cm³/mol. The van der Waals surface area contributed by atoms with Gasteiger partial charge in [0.1, 0.15) is 0 Å². The molecule has 1 aliphatic heterocycles. The van der Waals surface area contributed by atoms with Crippen molar-refractivity contribution in [3.8, 4) is 0 Å². The van der Waals surface area contributed by atoms with E-state index < -0.39 is 5.97 Å². The van der Waals surface area contributed by atoms with Crippen molar-refractivity contribution in [3.63, 3.8) is 0 Å². The average Bonchev–Trinajstić information content (AvgIpc) is 2.82. The smallest absolute Gasteiger partial charge is 0.363 e. The summed E-state index contributed by atoms with van der Waals surface area (Å²) >= 11 is 0. The number of hydrogen-bond donors (Lipinski definition) is 0. The predicted octanol–water partition coefficient (Wildman–Crippen LogP) is 1.82. The van der Waals surface area contributed by atoms with Gasteiger partial charge in [-0.15, -0.1) is 0 Å². The van der Waals surface area contributed by atoms with Crippen molar-refractivity contribution in [3.05, 3.63) is 65.9 Å². The van der Waals surface area contributed by atoms with Gasteiger partial charge in [-0.25, -0.2) is 9.79 Å². The Labute approximate surface area is 109 Å². The van der Waals surface area contributed by atoms with Gasteiger partial charge in [0.15, 0.2) is 5.70 Å². The molecule has 92 valence electrons. The van der Waals surface area contributed by atoms with Crippen LogP contribution in [-0.4, -0.2) is 21.8 Å². The molecule has 0 atom stereocenters. The topological polar surface area (TPSA) is 64.4 Å². The van der Waals surface area contributed by atoms with E-state index in [1.807, 2.05) is 6.07 Å². The molecule has 3 heterocycles. The zero-order valence-electron chi connectivity index (χ0n) is 9.85. The molecule has 2 aromatic rings. The molecule has 0 bridgehead atoms. The van der Waals surface area contributed by atoms with Crippen molar-refractivity contribution >= 4 is 17.9 Å². The Morgan fingerprint density at radius 1 is 1.05 bits per heavy atom. The van der Waals surface area contributed by atoms with E-state index in [2.05, 4.69) is 15.0 Å². The van der Waals surface area contributed by atoms with Gasteiger partial charge < -0.3 is 4.74 Å². The fraction of sp³-hybridized carbons (Fsp3) is 0. The fourth-order valence-corrected chi connectivity index (χ4v) is 1.64. The van der Waals surface area contributed by atoms with Gasteiger partial charge in [0.25, 0.3) is 0 Å². The molecule has 0 saturated heterocycles. The Morgan fingerprint density at radius 2 is 1.84 bits per heavy atom. The summed E-state index contributed by atoms with van der Waals surface area (Å²) in [6, 6.07) is 7.17. The number of ether oxygens (including phenoxy) is 1. The monoisotopic (exact) mass is 251 g/mol. The van der Waals surface area contributed by atoms with Crippen molar-refractivity contribution in [1.29, 1.82) is 0 Å². The van der Waals surface area contributed by atoms with E-state index in [4.69, 9.17) is 4.74 Å². The van der Waals surface area contributed by atoms with E-state index in [1.165, 1.54) is 0 Å². The molecular weight excluding hydrogens is 242 g/mol. The number of cyclic esters (lactones) is 1. The van der Waals surface area contributed by atoms with E-state index in [-0.39, 0.29) is 11.6 Å². The third-order valence-electron chi connectivity index (χ3n) is 2.52. The van der Waals surface area contributed by atoms with Crippen molar-refractivity contribution < 1.29 is 9.53 Å². The molecule has 0 amide bonds. The number of carbonyl (C=O) groups excluding carboxylic acids is 1. The van der Waals surface area contributed by atoms with Gasteiger partial charge in [0.2, 0.25) is 5.90 Å². The van der Waals surface area contributed by atoms with Crippen LogP contribution >= 0.6 is 0 Å². The van der Waals surface area contributed by atoms with Crippen LogP contribution in [0.2, 0.25) is 0 Å². The van der Waals surface area contributed by atoms with Gasteiger partial charge in [0, 0.05) is 24.8 Å². The summed E-state index contributed by atoms with van der Waals surface area (Å²) in [7, 11) is 0. The van der Waals surface area contributed by atoms with Gasteiger partial charge >= 0.3 is 5.97 Å². The Morgan fingerprint density at radius 3 is 2.53 bits per heavy atom. The second-order valence-corrected chi connectivity index (χ2v) is 3.86. The van der Waals surface area contributed by atoms with E-state index in [0.29, 0.717) is 5.56 Å². The van der Waals surface area contributed by atoms with Crippen LogP contribution in [0.25, 0.3) is 6.08 Å². The molecular formula is C14H9N3O2. The lowest BCUT2D eigenvalue weighted by atomic mass is 10.2. The molecule has 0 aliphatic carbocycles. The van der Waals surface area contributed by atoms with Gasteiger partial charge in [-0.3, -0.25) is 9.97 Å². The number of hydrogen-bond acceptors (Lipinski definition) is 5. The first kappa shape index (κ1) is 11.3. The molecule has 0 fully saturated rings. The summed E-state index contributed by atoms with van der Waals surface area (Å²) < 4.78 is 5.11. The third kappa shape index (κ3) is 2.40. The van der Waals surface area contributed by atoms with Gasteiger partial charge in [-0.2, -0.15) is 0 Å². The molecule has 0 saturated carbocycles. The van der Waals surface area contributed by atoms with Crippen LogP contribution in [0.15, 0.2) is 59.7 Å². The van der Waals surface area contributed by atoms with Crippen molar-refractivity contribution in [2.45, 2.75) is 0 Å². The molecule has 0 radical (unpaired) electrons. The number of esters is 1. The highest BCUT2D eigenvalue weighted by molar-refractivity contribution is 6.12. The molecule has 2 aromatic heterocycles. The lowest BCUT2D eigenvalue weighted by Crippen LogP contribution is -2.05. The SMILES string of the molecule is O=C1OC(c2cccnc2)=N/C1=C\c1cccnc1. The van der Waals surface area contributed by atoms with E-state index in [1.54, 1.807) is 49.1 Å². The second kappa shape index (κ2) is 4.81. The number of pyridine rings is 2. The van der Waals surface area contributed by atoms with E-state index in [9.17, 15) is 4.79 Å². The van der Waals surface area contributed by atoms with Crippen molar-refractivity contribution in [2.24, 2.45) is 4.99 Å². The first-order chi connectivity index (χ1) is 9.33. The molecule has 0 unspecified atom stereocenters. The summed E-state index contributed by atoms with van der Waals surface area (Å²) in [5.41, 5.74) is 1.72. The number of aromatic nitrogens is 2. The highest BCUT2D eigenvalue weighted by Gasteiger charge is 2.24. The molecule has 1 aliphatic rings. The summed E-state index contributed by atoms with van der Waals surface area (Å²) in [5, 5.41) is 0. The number of nitrogens with zero attached hydrogens (tertiary/aromatic N) is 3. The van der Waals surface area contributed by atoms with Crippen LogP contribution in [0.1, 0.15) is 11.1 Å². The number of rotatable bonds is 2. The first-order valence-electron chi connectivity index (χ1n) is 5.66. The zero-order chi connectivity index (χ0) is 13.1. The first-order valence-corrected chi connectivity index (χ1v) is 5.66. The highest BCUT2D eigenvalue weighted by Crippen LogP contribution is 2.18. The quantitative estimate of drug-likeness (QED) is 0.603. The Hall–Kier alpha value is -2.82. The third-order valence-corrected chi connectivity index (χ3v) is 2.52. The number of aliphatic imine (C=N–C) groups is 1. The van der Waals surface area contributed by atoms with Gasteiger partial charge in [-0.1, -0.05) is 6.07 Å². The molecule has 19 heavy (non-hydrogen) atoms. The molecule has 0 N–H and O–H groups in total. The summed E-state index contributed by atoms with van der Waals surface area (Å²) in [4.78, 5) is 23.8. The van der Waals surface area contributed by atoms with Crippen molar-refractivity contribution in [2.75, 3.05) is 0 Å². The normalized spacial score (nSPS) is 16.3. The highest BCUT2D eigenvalue weighted by atomic mass is 16.6. The molecule has 0 aromatic carbocycles. The van der Waals surface area contributed by atoms with Crippen LogP contribution in [0.5, 0.6) is 0 Å². The Bertz CT molecular complexity index is 664. The number of carbonyl (C=O) groups is 1. The van der Waals surface area contributed by atoms with Crippen LogP contribution in [0.4, 0.5) is 0 Å². The Kier molecular flexibility index (Phi) is 2.86. The zero-order valence-corrected chi connectivity index (χ0v) is 9.85. The second-order valence-electron chi connectivity index (χ2n) is 3.86. The maximum absolute atomic E-state index is 11.7. The summed E-state index contributed by atoms with van der Waals surface area (Å²) in [6.45, 7) is 0. The van der Waals surface area contributed by atoms with Gasteiger partial charge in [-0.05, 0) is 29.8 Å². The molecule has 0 spiro atoms. The van der Waals surface area contributed by atoms with Crippen LogP contribution in [0.3, 0.4) is 0 Å². The molecule has 5 heteroatoms. The molecule has 5 nitrogen and oxygen atoms in total. The Balaban J connectivity index is 1.94. The maximum atomic E-state index is 11.7. The minimum Gasteiger partial charge on any atom is -0.402 e. The lowest BCUT2D eigenvalue weighted by Gasteiger charge is -1.96. The fourth-order valence-electron chi connectivity index (χ4n) is 1.64. The average molecular weight is 251 g/mol. The standard InChI is InChI=1S/C14H9N3O2/c18-14-12(7-10-3-1-5-15-8-10)17-13(19-14)11-4-2-6-16-9-11/h1-9H/b12-7-. The summed E-state index contributed by atoms with van der Waals surface area (Å²) in [6.07, 6.45) is 8.20. The minimum atomic E-state index is -0.470. The van der Waals surface area contributed by atoms with E-state index >= 15 is 0 Å². The summed E-state index contributed by atoms with van der Waals surface area (Å²) in [5.74, 6) is -0.198. The minimum absolute atomic E-state index is 0.256. The van der Waals surface area contributed by atoms with Crippen molar-refractivity contribution in [1.82, 2.24) is 9.97 Å². The van der Waals surface area contributed by atoms with Crippen LogP contribution in [0, 0.1) is 0 Å².